The molecule has 0 fully saturated rings. The Morgan fingerprint density at radius 1 is 0.800 bits per heavy atom. The number of ether oxygens (including phenoxy) is 1. The summed E-state index contributed by atoms with van der Waals surface area (Å²) in [6.45, 7) is 0. The number of thioether (sulfide) groups is 1. The van der Waals surface area contributed by atoms with Gasteiger partial charge in [0, 0.05) is 16.0 Å². The van der Waals surface area contributed by atoms with Crippen molar-refractivity contribution in [3.63, 3.8) is 0 Å². The molecule has 2 aliphatic heterocycles. The Kier molecular flexibility index (Phi) is 2.35. The van der Waals surface area contributed by atoms with Crippen molar-refractivity contribution in [3.05, 3.63) is 59.7 Å². The molecule has 0 saturated carbocycles. The van der Waals surface area contributed by atoms with Crippen molar-refractivity contribution in [2.75, 3.05) is 0 Å². The highest BCUT2D eigenvalue weighted by molar-refractivity contribution is 8.15. The molecule has 0 aliphatic carbocycles. The first kappa shape index (κ1) is 11.5. The van der Waals surface area contributed by atoms with E-state index in [1.165, 1.54) is 0 Å². The third-order valence-corrected chi connectivity index (χ3v) is 4.34. The SMILES string of the molecule is O=C1Oc2ccccc2/C1=C1\C(=O)Sc2ccccc21. The second-order valence-electron chi connectivity index (χ2n) is 4.52. The molecule has 0 amide bonds. The standard InChI is InChI=1S/C16H8O3S/c17-15-13(9-5-1-3-7-11(9)19-15)14-10-6-2-4-8-12(10)20-16(14)18/h1-8H/b14-13+. The monoisotopic (exact) mass is 280 g/mol. The number of fused-ring (bicyclic) bond motifs is 2. The molecule has 0 N–H and O–H groups in total. The number of hydrogen-bond acceptors (Lipinski definition) is 4. The van der Waals surface area contributed by atoms with Crippen LogP contribution < -0.4 is 4.74 Å². The third kappa shape index (κ3) is 1.48. The number of esters is 1. The molecule has 4 heteroatoms. The van der Waals surface area contributed by atoms with Crippen LogP contribution >= 0.6 is 11.8 Å². The summed E-state index contributed by atoms with van der Waals surface area (Å²) in [5.41, 5.74) is 2.34. The van der Waals surface area contributed by atoms with Gasteiger partial charge in [0.25, 0.3) is 0 Å². The Hall–Kier alpha value is -2.33. The molecule has 2 aliphatic rings. The molecular formula is C16H8O3S. The van der Waals surface area contributed by atoms with Crippen LogP contribution in [0.15, 0.2) is 53.4 Å². The highest BCUT2D eigenvalue weighted by atomic mass is 32.2. The van der Waals surface area contributed by atoms with E-state index in [0.29, 0.717) is 22.5 Å². The van der Waals surface area contributed by atoms with E-state index in [9.17, 15) is 9.59 Å². The van der Waals surface area contributed by atoms with E-state index in [-0.39, 0.29) is 5.12 Å². The summed E-state index contributed by atoms with van der Waals surface area (Å²) in [5.74, 6) is 0.0639. The Bertz CT molecular complexity index is 737. The summed E-state index contributed by atoms with van der Waals surface area (Å²) >= 11 is 1.16. The Balaban J connectivity index is 2.05. The first-order chi connectivity index (χ1) is 9.75. The number of carbonyl (C=O) groups excluding carboxylic acids is 2. The maximum absolute atomic E-state index is 12.3. The van der Waals surface area contributed by atoms with E-state index >= 15 is 0 Å². The maximum atomic E-state index is 12.3. The lowest BCUT2D eigenvalue weighted by atomic mass is 9.96. The molecule has 2 aromatic rings. The fourth-order valence-electron chi connectivity index (χ4n) is 2.52. The van der Waals surface area contributed by atoms with Gasteiger partial charge in [0.1, 0.15) is 5.75 Å². The van der Waals surface area contributed by atoms with Gasteiger partial charge in [-0.05, 0) is 23.9 Å². The number of carbonyl (C=O) groups is 2. The van der Waals surface area contributed by atoms with Crippen LogP contribution in [-0.2, 0) is 9.59 Å². The molecule has 2 aromatic carbocycles. The molecule has 4 rings (SSSR count). The fraction of sp³-hybridized carbons (Fsp3) is 0. The average Bonchev–Trinajstić information content (AvgIpc) is 2.94. The van der Waals surface area contributed by atoms with Gasteiger partial charge in [-0.2, -0.15) is 0 Å². The van der Waals surface area contributed by atoms with Crippen LogP contribution in [0.5, 0.6) is 5.75 Å². The Morgan fingerprint density at radius 2 is 1.50 bits per heavy atom. The topological polar surface area (TPSA) is 43.4 Å². The van der Waals surface area contributed by atoms with Gasteiger partial charge in [-0.1, -0.05) is 36.4 Å². The summed E-state index contributed by atoms with van der Waals surface area (Å²) in [5, 5.41) is -0.102. The normalized spacial score (nSPS) is 19.8. The van der Waals surface area contributed by atoms with Crippen molar-refractivity contribution in [3.8, 4) is 5.75 Å². The second kappa shape index (κ2) is 4.08. The minimum atomic E-state index is -0.452. The highest BCUT2D eigenvalue weighted by Crippen LogP contribution is 2.47. The van der Waals surface area contributed by atoms with Crippen LogP contribution in [0.1, 0.15) is 11.1 Å². The van der Waals surface area contributed by atoms with Gasteiger partial charge < -0.3 is 4.74 Å². The molecule has 20 heavy (non-hydrogen) atoms. The number of rotatable bonds is 0. The Labute approximate surface area is 119 Å². The van der Waals surface area contributed by atoms with Crippen molar-refractivity contribution in [1.82, 2.24) is 0 Å². The Morgan fingerprint density at radius 3 is 2.35 bits per heavy atom. The lowest BCUT2D eigenvalue weighted by Gasteiger charge is -2.01. The minimum absolute atomic E-state index is 0.102. The fourth-order valence-corrected chi connectivity index (χ4v) is 3.46. The van der Waals surface area contributed by atoms with Crippen LogP contribution in [-0.4, -0.2) is 11.1 Å². The highest BCUT2D eigenvalue weighted by Gasteiger charge is 2.36. The molecule has 0 bridgehead atoms. The van der Waals surface area contributed by atoms with Gasteiger partial charge in [-0.25, -0.2) is 4.79 Å². The van der Waals surface area contributed by atoms with Crippen LogP contribution in [0.25, 0.3) is 11.1 Å². The molecule has 0 saturated heterocycles. The number of benzene rings is 2. The van der Waals surface area contributed by atoms with Crippen LogP contribution in [0, 0.1) is 0 Å². The molecule has 96 valence electrons. The van der Waals surface area contributed by atoms with Crippen molar-refractivity contribution in [2.24, 2.45) is 0 Å². The molecule has 0 unspecified atom stereocenters. The predicted molar refractivity (Wildman–Crippen MR) is 76.2 cm³/mol. The lowest BCUT2D eigenvalue weighted by molar-refractivity contribution is -0.127. The first-order valence-electron chi connectivity index (χ1n) is 6.13. The molecule has 3 nitrogen and oxygen atoms in total. The van der Waals surface area contributed by atoms with Gasteiger partial charge in [0.05, 0.1) is 11.1 Å². The van der Waals surface area contributed by atoms with E-state index in [1.54, 1.807) is 18.2 Å². The van der Waals surface area contributed by atoms with E-state index in [1.807, 2.05) is 30.3 Å². The average molecular weight is 280 g/mol. The zero-order valence-corrected chi connectivity index (χ0v) is 11.1. The van der Waals surface area contributed by atoms with Gasteiger partial charge in [0.15, 0.2) is 0 Å². The zero-order chi connectivity index (χ0) is 13.7. The van der Waals surface area contributed by atoms with Crippen molar-refractivity contribution >= 4 is 34.0 Å². The quantitative estimate of drug-likeness (QED) is 0.422. The first-order valence-corrected chi connectivity index (χ1v) is 6.95. The van der Waals surface area contributed by atoms with Gasteiger partial charge in [-0.3, -0.25) is 4.79 Å². The van der Waals surface area contributed by atoms with E-state index in [2.05, 4.69) is 0 Å². The summed E-state index contributed by atoms with van der Waals surface area (Å²) in [7, 11) is 0. The van der Waals surface area contributed by atoms with Crippen molar-refractivity contribution in [2.45, 2.75) is 4.90 Å². The van der Waals surface area contributed by atoms with E-state index in [0.717, 1.165) is 22.2 Å². The smallest absolute Gasteiger partial charge is 0.345 e. The van der Waals surface area contributed by atoms with Gasteiger partial charge in [0.2, 0.25) is 5.12 Å². The lowest BCUT2D eigenvalue weighted by Crippen LogP contribution is -2.05. The molecule has 2 heterocycles. The number of hydrogen-bond donors (Lipinski definition) is 0. The number of para-hydroxylation sites is 1. The molecule has 0 radical (unpaired) electrons. The van der Waals surface area contributed by atoms with Gasteiger partial charge >= 0.3 is 5.97 Å². The van der Waals surface area contributed by atoms with Crippen molar-refractivity contribution in [1.29, 1.82) is 0 Å². The predicted octanol–water partition coefficient (Wildman–Crippen LogP) is 3.15. The maximum Gasteiger partial charge on any atom is 0.345 e. The largest absolute Gasteiger partial charge is 0.422 e. The van der Waals surface area contributed by atoms with Crippen LogP contribution in [0.4, 0.5) is 0 Å². The van der Waals surface area contributed by atoms with E-state index < -0.39 is 5.97 Å². The molecule has 0 atom stereocenters. The van der Waals surface area contributed by atoms with Crippen molar-refractivity contribution < 1.29 is 14.3 Å². The second-order valence-corrected chi connectivity index (χ2v) is 5.54. The van der Waals surface area contributed by atoms with Crippen LogP contribution in [0.2, 0.25) is 0 Å². The van der Waals surface area contributed by atoms with Crippen LogP contribution in [0.3, 0.4) is 0 Å². The van der Waals surface area contributed by atoms with Gasteiger partial charge in [-0.15, -0.1) is 0 Å². The summed E-state index contributed by atoms with van der Waals surface area (Å²) in [4.78, 5) is 25.3. The van der Waals surface area contributed by atoms with E-state index in [4.69, 9.17) is 4.74 Å². The summed E-state index contributed by atoms with van der Waals surface area (Å²) in [6, 6.07) is 14.7. The zero-order valence-electron chi connectivity index (χ0n) is 10.3. The molecule has 0 spiro atoms. The molecular weight excluding hydrogens is 272 g/mol. The minimum Gasteiger partial charge on any atom is -0.422 e. The third-order valence-electron chi connectivity index (χ3n) is 3.38. The molecule has 0 aromatic heterocycles. The summed E-state index contributed by atoms with van der Waals surface area (Å²) < 4.78 is 5.24. The summed E-state index contributed by atoms with van der Waals surface area (Å²) in [6.07, 6.45) is 0.